The largest absolute Gasteiger partial charge is 0.493 e. The van der Waals surface area contributed by atoms with Gasteiger partial charge in [-0.3, -0.25) is 0 Å². The summed E-state index contributed by atoms with van der Waals surface area (Å²) in [7, 11) is 0. The van der Waals surface area contributed by atoms with Gasteiger partial charge in [-0.1, -0.05) is 43.3 Å². The minimum Gasteiger partial charge on any atom is -0.493 e. The Labute approximate surface area is 161 Å². The van der Waals surface area contributed by atoms with Crippen LogP contribution in [0.5, 0.6) is 5.75 Å². The van der Waals surface area contributed by atoms with Crippen molar-refractivity contribution in [1.82, 2.24) is 0 Å². The van der Waals surface area contributed by atoms with Gasteiger partial charge in [0.05, 0.1) is 25.2 Å². The first-order valence-electron chi connectivity index (χ1n) is 9.51. The lowest BCUT2D eigenvalue weighted by Crippen LogP contribution is -2.46. The first-order valence-corrected chi connectivity index (χ1v) is 9.51. The van der Waals surface area contributed by atoms with Gasteiger partial charge in [0.25, 0.3) is 0 Å². The Bertz CT molecular complexity index is 798. The third kappa shape index (κ3) is 3.83. The second-order valence-electron chi connectivity index (χ2n) is 7.14. The van der Waals surface area contributed by atoms with Crippen LogP contribution in [0.25, 0.3) is 0 Å². The van der Waals surface area contributed by atoms with E-state index in [1.165, 1.54) is 0 Å². The number of ether oxygens (including phenoxy) is 2. The maximum Gasteiger partial charge on any atom is 0.119 e. The summed E-state index contributed by atoms with van der Waals surface area (Å²) in [5.41, 5.74) is 3.57. The van der Waals surface area contributed by atoms with Gasteiger partial charge in [-0.15, -0.1) is 0 Å². The predicted molar refractivity (Wildman–Crippen MR) is 110 cm³/mol. The van der Waals surface area contributed by atoms with E-state index in [1.54, 1.807) is 0 Å². The average Bonchev–Trinajstić information content (AvgIpc) is 2.70. The molecule has 0 aromatic heterocycles. The Morgan fingerprint density at radius 3 is 1.74 bits per heavy atom. The average molecular weight is 359 g/mol. The van der Waals surface area contributed by atoms with E-state index in [1.807, 2.05) is 12.1 Å². The van der Waals surface area contributed by atoms with Gasteiger partial charge in [0.2, 0.25) is 0 Å². The normalized spacial score (nSPS) is 15.0. The SMILES string of the molecule is CCC1(COc2ccc(N(c3ccccc3)c3ccccc3)cc2)COC1. The molecule has 138 valence electrons. The van der Waals surface area contributed by atoms with Crippen molar-refractivity contribution in [3.8, 4) is 5.75 Å². The number of benzene rings is 3. The van der Waals surface area contributed by atoms with Crippen LogP contribution in [0.15, 0.2) is 84.9 Å². The van der Waals surface area contributed by atoms with Crippen molar-refractivity contribution in [3.63, 3.8) is 0 Å². The summed E-state index contributed by atoms with van der Waals surface area (Å²) >= 11 is 0. The van der Waals surface area contributed by atoms with Gasteiger partial charge in [0.15, 0.2) is 0 Å². The van der Waals surface area contributed by atoms with Crippen molar-refractivity contribution >= 4 is 17.1 Å². The maximum atomic E-state index is 6.05. The fraction of sp³-hybridized carbons (Fsp3) is 0.250. The van der Waals surface area contributed by atoms with Crippen molar-refractivity contribution < 1.29 is 9.47 Å². The number of para-hydroxylation sites is 2. The zero-order valence-electron chi connectivity index (χ0n) is 15.7. The summed E-state index contributed by atoms with van der Waals surface area (Å²) in [6.45, 7) is 4.52. The van der Waals surface area contributed by atoms with E-state index in [0.29, 0.717) is 6.61 Å². The second kappa shape index (κ2) is 7.85. The van der Waals surface area contributed by atoms with Crippen molar-refractivity contribution in [2.75, 3.05) is 24.7 Å². The Morgan fingerprint density at radius 2 is 1.30 bits per heavy atom. The Kier molecular flexibility index (Phi) is 5.12. The summed E-state index contributed by atoms with van der Waals surface area (Å²) in [5, 5.41) is 0. The highest BCUT2D eigenvalue weighted by Gasteiger charge is 2.37. The van der Waals surface area contributed by atoms with Crippen LogP contribution in [-0.4, -0.2) is 19.8 Å². The fourth-order valence-corrected chi connectivity index (χ4v) is 3.31. The summed E-state index contributed by atoms with van der Waals surface area (Å²) in [6, 6.07) is 29.2. The minimum atomic E-state index is 0.193. The quantitative estimate of drug-likeness (QED) is 0.519. The van der Waals surface area contributed by atoms with Gasteiger partial charge in [0.1, 0.15) is 5.75 Å². The molecule has 0 aliphatic carbocycles. The van der Waals surface area contributed by atoms with Crippen LogP contribution in [0.2, 0.25) is 0 Å². The molecule has 1 aliphatic heterocycles. The molecule has 3 aromatic carbocycles. The monoisotopic (exact) mass is 359 g/mol. The zero-order chi connectivity index (χ0) is 18.5. The van der Waals surface area contributed by atoms with Crippen molar-refractivity contribution in [3.05, 3.63) is 84.9 Å². The first-order chi connectivity index (χ1) is 13.3. The molecule has 0 saturated carbocycles. The van der Waals surface area contributed by atoms with E-state index in [9.17, 15) is 0 Å². The molecule has 0 amide bonds. The molecule has 3 heteroatoms. The molecule has 0 unspecified atom stereocenters. The zero-order valence-corrected chi connectivity index (χ0v) is 15.7. The van der Waals surface area contributed by atoms with Crippen LogP contribution in [0, 0.1) is 5.41 Å². The van der Waals surface area contributed by atoms with Gasteiger partial charge in [-0.2, -0.15) is 0 Å². The molecule has 3 nitrogen and oxygen atoms in total. The molecule has 4 rings (SSSR count). The Hall–Kier alpha value is -2.78. The van der Waals surface area contributed by atoms with Crippen molar-refractivity contribution in [2.45, 2.75) is 13.3 Å². The van der Waals surface area contributed by atoms with Crippen molar-refractivity contribution in [2.24, 2.45) is 5.41 Å². The molecule has 1 aliphatic rings. The standard InChI is InChI=1S/C24H25NO2/c1-2-24(17-26-18-24)19-27-23-15-13-22(14-16-23)25(20-9-5-3-6-10-20)21-11-7-4-8-12-21/h3-16H,2,17-19H2,1H3. The Morgan fingerprint density at radius 1 is 0.778 bits per heavy atom. The molecule has 0 atom stereocenters. The van der Waals surface area contributed by atoms with Gasteiger partial charge in [-0.05, 0) is 55.0 Å². The van der Waals surface area contributed by atoms with Crippen LogP contribution in [0.3, 0.4) is 0 Å². The smallest absolute Gasteiger partial charge is 0.119 e. The molecule has 0 radical (unpaired) electrons. The van der Waals surface area contributed by atoms with Crippen LogP contribution in [-0.2, 0) is 4.74 Å². The van der Waals surface area contributed by atoms with E-state index in [-0.39, 0.29) is 5.41 Å². The molecule has 0 spiro atoms. The van der Waals surface area contributed by atoms with Gasteiger partial charge in [0, 0.05) is 17.1 Å². The number of hydrogen-bond donors (Lipinski definition) is 0. The number of hydrogen-bond acceptors (Lipinski definition) is 3. The van der Waals surface area contributed by atoms with E-state index in [0.717, 1.165) is 42.4 Å². The molecule has 27 heavy (non-hydrogen) atoms. The molecule has 1 fully saturated rings. The molecule has 3 aromatic rings. The molecular weight excluding hydrogens is 334 g/mol. The highest BCUT2D eigenvalue weighted by molar-refractivity contribution is 5.76. The second-order valence-corrected chi connectivity index (χ2v) is 7.14. The van der Waals surface area contributed by atoms with Crippen LogP contribution < -0.4 is 9.64 Å². The highest BCUT2D eigenvalue weighted by Crippen LogP contribution is 2.36. The number of anilines is 3. The molecule has 1 heterocycles. The minimum absolute atomic E-state index is 0.193. The van der Waals surface area contributed by atoms with E-state index in [2.05, 4.69) is 84.6 Å². The lowest BCUT2D eigenvalue weighted by molar-refractivity contribution is -0.133. The Balaban J connectivity index is 1.56. The topological polar surface area (TPSA) is 21.7 Å². The van der Waals surface area contributed by atoms with E-state index < -0.39 is 0 Å². The summed E-state index contributed by atoms with van der Waals surface area (Å²) in [6.07, 6.45) is 1.08. The lowest BCUT2D eigenvalue weighted by Gasteiger charge is -2.40. The molecule has 0 N–H and O–H groups in total. The first kappa shape index (κ1) is 17.6. The van der Waals surface area contributed by atoms with E-state index in [4.69, 9.17) is 9.47 Å². The number of rotatable bonds is 7. The molecular formula is C24H25NO2. The van der Waals surface area contributed by atoms with E-state index >= 15 is 0 Å². The third-order valence-electron chi connectivity index (χ3n) is 5.24. The predicted octanol–water partition coefficient (Wildman–Crippen LogP) is 5.96. The van der Waals surface area contributed by atoms with Crippen LogP contribution >= 0.6 is 0 Å². The van der Waals surface area contributed by atoms with Crippen LogP contribution in [0.1, 0.15) is 13.3 Å². The summed E-state index contributed by atoms with van der Waals surface area (Å²) < 4.78 is 11.4. The van der Waals surface area contributed by atoms with Crippen molar-refractivity contribution in [1.29, 1.82) is 0 Å². The number of nitrogens with zero attached hydrogens (tertiary/aromatic N) is 1. The lowest BCUT2D eigenvalue weighted by atomic mass is 9.84. The molecule has 0 bridgehead atoms. The molecule has 1 saturated heterocycles. The highest BCUT2D eigenvalue weighted by atomic mass is 16.5. The summed E-state index contributed by atoms with van der Waals surface area (Å²) in [5.74, 6) is 0.902. The van der Waals surface area contributed by atoms with Crippen LogP contribution in [0.4, 0.5) is 17.1 Å². The third-order valence-corrected chi connectivity index (χ3v) is 5.24. The maximum absolute atomic E-state index is 6.05. The van der Waals surface area contributed by atoms with Gasteiger partial charge < -0.3 is 14.4 Å². The summed E-state index contributed by atoms with van der Waals surface area (Å²) in [4.78, 5) is 2.25. The van der Waals surface area contributed by atoms with Gasteiger partial charge in [-0.25, -0.2) is 0 Å². The van der Waals surface area contributed by atoms with Gasteiger partial charge >= 0.3 is 0 Å². The fourth-order valence-electron chi connectivity index (χ4n) is 3.31.